The van der Waals surface area contributed by atoms with Gasteiger partial charge in [0.25, 0.3) is 5.91 Å². The Morgan fingerprint density at radius 3 is 2.37 bits per heavy atom. The third-order valence-corrected chi connectivity index (χ3v) is 6.16. The van der Waals surface area contributed by atoms with E-state index in [0.717, 1.165) is 16.6 Å². The summed E-state index contributed by atoms with van der Waals surface area (Å²) in [6.07, 6.45) is 0. The maximum atomic E-state index is 13.8. The van der Waals surface area contributed by atoms with E-state index in [1.165, 1.54) is 0 Å². The van der Waals surface area contributed by atoms with E-state index in [4.69, 9.17) is 19.2 Å². The quantitative estimate of drug-likeness (QED) is 0.413. The van der Waals surface area contributed by atoms with Crippen LogP contribution in [-0.4, -0.2) is 36.8 Å². The van der Waals surface area contributed by atoms with Gasteiger partial charge >= 0.3 is 0 Å². The summed E-state index contributed by atoms with van der Waals surface area (Å²) in [5, 5.41) is 6.36. The number of anilines is 2. The monoisotopic (exact) mass is 470 g/mol. The van der Waals surface area contributed by atoms with Crippen LogP contribution in [0.15, 0.2) is 78.0 Å². The zero-order chi connectivity index (χ0) is 24.5. The number of benzene rings is 3. The maximum absolute atomic E-state index is 13.8. The zero-order valence-corrected chi connectivity index (χ0v) is 20.0. The fourth-order valence-corrected chi connectivity index (χ4v) is 4.47. The topological polar surface area (TPSA) is 86.6 Å². The van der Waals surface area contributed by atoms with Crippen LogP contribution >= 0.6 is 0 Å². The molecule has 0 saturated carbocycles. The van der Waals surface area contributed by atoms with Gasteiger partial charge in [0.15, 0.2) is 0 Å². The second-order valence-corrected chi connectivity index (χ2v) is 8.15. The molecule has 5 rings (SSSR count). The van der Waals surface area contributed by atoms with Crippen molar-refractivity contribution in [1.29, 1.82) is 0 Å². The Hall–Kier alpha value is -4.46. The van der Waals surface area contributed by atoms with Crippen LogP contribution in [0.25, 0.3) is 11.0 Å². The van der Waals surface area contributed by atoms with Gasteiger partial charge in [0.1, 0.15) is 17.2 Å². The van der Waals surface area contributed by atoms with Crippen LogP contribution in [0.2, 0.25) is 0 Å². The van der Waals surface area contributed by atoms with Gasteiger partial charge in [-0.25, -0.2) is 4.98 Å². The first-order valence-electron chi connectivity index (χ1n) is 11.2. The smallest absolute Gasteiger partial charge is 0.255 e. The van der Waals surface area contributed by atoms with E-state index >= 15 is 0 Å². The number of nitrogens with one attached hydrogen (secondary N) is 2. The van der Waals surface area contributed by atoms with Crippen LogP contribution in [0.5, 0.6) is 17.2 Å². The Morgan fingerprint density at radius 2 is 1.66 bits per heavy atom. The molecule has 0 fully saturated rings. The predicted molar refractivity (Wildman–Crippen MR) is 135 cm³/mol. The van der Waals surface area contributed by atoms with E-state index in [1.807, 2.05) is 66.1 Å². The lowest BCUT2D eigenvalue weighted by atomic mass is 9.93. The zero-order valence-electron chi connectivity index (χ0n) is 20.0. The molecule has 2 heterocycles. The molecule has 1 aliphatic rings. The highest BCUT2D eigenvalue weighted by molar-refractivity contribution is 6.06. The number of fused-ring (bicyclic) bond motifs is 3. The highest BCUT2D eigenvalue weighted by Gasteiger charge is 2.35. The van der Waals surface area contributed by atoms with Crippen molar-refractivity contribution in [1.82, 2.24) is 9.55 Å². The molecule has 0 spiro atoms. The molecular formula is C27H26N4O4. The van der Waals surface area contributed by atoms with Crippen LogP contribution in [-0.2, 0) is 4.79 Å². The Morgan fingerprint density at radius 1 is 0.943 bits per heavy atom. The first-order chi connectivity index (χ1) is 17.0. The van der Waals surface area contributed by atoms with Crippen molar-refractivity contribution < 1.29 is 19.0 Å². The summed E-state index contributed by atoms with van der Waals surface area (Å²) in [5.41, 5.74) is 4.48. The minimum absolute atomic E-state index is 0.230. The highest BCUT2D eigenvalue weighted by Crippen LogP contribution is 2.43. The van der Waals surface area contributed by atoms with Crippen molar-refractivity contribution in [2.75, 3.05) is 32.0 Å². The molecule has 4 aromatic rings. The molecular weight excluding hydrogens is 444 g/mol. The van der Waals surface area contributed by atoms with Crippen molar-refractivity contribution in [2.45, 2.75) is 13.0 Å². The molecule has 0 radical (unpaired) electrons. The number of ether oxygens (including phenoxy) is 3. The molecule has 1 amide bonds. The number of hydrogen-bond acceptors (Lipinski definition) is 6. The molecule has 1 aliphatic heterocycles. The number of carbonyl (C=O) groups excluding carboxylic acids is 1. The Balaban J connectivity index is 1.66. The second-order valence-electron chi connectivity index (χ2n) is 8.15. The van der Waals surface area contributed by atoms with E-state index in [1.54, 1.807) is 33.5 Å². The van der Waals surface area contributed by atoms with Crippen LogP contribution in [0.4, 0.5) is 11.6 Å². The Kier molecular flexibility index (Phi) is 5.78. The molecule has 1 aromatic heterocycles. The second kappa shape index (κ2) is 9.06. The van der Waals surface area contributed by atoms with Crippen LogP contribution < -0.4 is 24.8 Å². The van der Waals surface area contributed by atoms with Crippen LogP contribution in [0.1, 0.15) is 18.5 Å². The molecule has 1 atom stereocenters. The van der Waals surface area contributed by atoms with Crippen LogP contribution in [0, 0.1) is 0 Å². The molecule has 1 unspecified atom stereocenters. The maximum Gasteiger partial charge on any atom is 0.255 e. The number of methoxy groups -OCH3 is 3. The summed E-state index contributed by atoms with van der Waals surface area (Å²) < 4.78 is 18.4. The molecule has 35 heavy (non-hydrogen) atoms. The number of hydrogen-bond donors (Lipinski definition) is 2. The fourth-order valence-electron chi connectivity index (χ4n) is 4.47. The summed E-state index contributed by atoms with van der Waals surface area (Å²) in [4.78, 5) is 18.5. The number of rotatable bonds is 6. The van der Waals surface area contributed by atoms with Gasteiger partial charge in [-0.15, -0.1) is 0 Å². The average Bonchev–Trinajstić information content (AvgIpc) is 3.25. The summed E-state index contributed by atoms with van der Waals surface area (Å²) in [6, 6.07) is 20.2. The van der Waals surface area contributed by atoms with Gasteiger partial charge in [0.2, 0.25) is 5.95 Å². The summed E-state index contributed by atoms with van der Waals surface area (Å²) >= 11 is 0. The molecule has 0 aliphatic carbocycles. The first kappa shape index (κ1) is 22.3. The van der Waals surface area contributed by atoms with Gasteiger partial charge in [-0.3, -0.25) is 9.36 Å². The first-order valence-corrected chi connectivity index (χ1v) is 11.2. The van der Waals surface area contributed by atoms with Gasteiger partial charge in [0.05, 0.1) is 44.0 Å². The van der Waals surface area contributed by atoms with Gasteiger partial charge in [0, 0.05) is 23.0 Å². The molecule has 3 aromatic carbocycles. The molecule has 0 saturated heterocycles. The molecule has 178 valence electrons. The Labute approximate surface area is 203 Å². The predicted octanol–water partition coefficient (Wildman–Crippen LogP) is 4.99. The van der Waals surface area contributed by atoms with E-state index < -0.39 is 6.04 Å². The third kappa shape index (κ3) is 3.93. The number of carbonyl (C=O) groups is 1. The van der Waals surface area contributed by atoms with Crippen molar-refractivity contribution in [2.24, 2.45) is 0 Å². The number of amides is 1. The molecule has 8 nitrogen and oxygen atoms in total. The lowest BCUT2D eigenvalue weighted by molar-refractivity contribution is -0.113. The van der Waals surface area contributed by atoms with Crippen molar-refractivity contribution in [3.05, 3.63) is 83.6 Å². The Bertz CT molecular complexity index is 1440. The SMILES string of the molecule is COc1ccc(NC(=O)C2=C(C)Nc3nc4ccccc4n3C2c2ccc(OC)cc2OC)cc1. The summed E-state index contributed by atoms with van der Waals surface area (Å²) in [7, 11) is 4.83. The number of aromatic nitrogens is 2. The highest BCUT2D eigenvalue weighted by atomic mass is 16.5. The minimum Gasteiger partial charge on any atom is -0.497 e. The third-order valence-electron chi connectivity index (χ3n) is 6.16. The van der Waals surface area contributed by atoms with Gasteiger partial charge in [-0.1, -0.05) is 12.1 Å². The van der Waals surface area contributed by atoms with Crippen molar-refractivity contribution >= 4 is 28.6 Å². The largest absolute Gasteiger partial charge is 0.497 e. The molecule has 8 heteroatoms. The van der Waals surface area contributed by atoms with Crippen LogP contribution in [0.3, 0.4) is 0 Å². The number of imidazole rings is 1. The summed E-state index contributed by atoms with van der Waals surface area (Å²) in [5.74, 6) is 2.43. The normalized spacial score (nSPS) is 14.8. The average molecular weight is 471 g/mol. The van der Waals surface area contributed by atoms with E-state index in [9.17, 15) is 4.79 Å². The fraction of sp³-hybridized carbons (Fsp3) is 0.185. The lowest BCUT2D eigenvalue weighted by Gasteiger charge is -2.31. The van der Waals surface area contributed by atoms with E-state index in [2.05, 4.69) is 10.6 Å². The lowest BCUT2D eigenvalue weighted by Crippen LogP contribution is -2.31. The minimum atomic E-state index is -0.488. The number of para-hydroxylation sites is 2. The van der Waals surface area contributed by atoms with Crippen molar-refractivity contribution in [3.8, 4) is 17.2 Å². The van der Waals surface area contributed by atoms with Gasteiger partial charge in [-0.05, 0) is 55.5 Å². The standard InChI is InChI=1S/C27H26N4O4/c1-16-24(26(32)29-17-9-11-18(33-2)12-10-17)25(20-14-13-19(34-3)15-23(20)35-4)31-22-8-6-5-7-21(22)30-27(31)28-16/h5-15,25H,1-4H3,(H,28,30)(H,29,32). The van der Waals surface area contributed by atoms with E-state index in [0.29, 0.717) is 40.2 Å². The van der Waals surface area contributed by atoms with E-state index in [-0.39, 0.29) is 5.91 Å². The molecule has 0 bridgehead atoms. The number of nitrogens with zero attached hydrogens (tertiary/aromatic N) is 2. The van der Waals surface area contributed by atoms with Gasteiger partial charge in [-0.2, -0.15) is 0 Å². The van der Waals surface area contributed by atoms with Crippen molar-refractivity contribution in [3.63, 3.8) is 0 Å². The van der Waals surface area contributed by atoms with Gasteiger partial charge < -0.3 is 24.8 Å². The summed E-state index contributed by atoms with van der Waals surface area (Å²) in [6.45, 7) is 1.88. The molecule has 2 N–H and O–H groups in total. The number of allylic oxidation sites excluding steroid dienone is 1.